The summed E-state index contributed by atoms with van der Waals surface area (Å²) < 4.78 is 11.1. The van der Waals surface area contributed by atoms with Gasteiger partial charge in [0.05, 0.1) is 13.7 Å². The van der Waals surface area contributed by atoms with Crippen LogP contribution < -0.4 is 9.47 Å². The molecule has 1 aliphatic heterocycles. The molecule has 0 spiro atoms. The number of carbonyl (C=O) groups is 1. The molecule has 1 saturated heterocycles. The molecule has 1 fully saturated rings. The van der Waals surface area contributed by atoms with Gasteiger partial charge in [-0.05, 0) is 51.3 Å². The van der Waals surface area contributed by atoms with E-state index in [4.69, 9.17) is 9.47 Å². The number of hydrogen-bond acceptors (Lipinski definition) is 4. The molecule has 4 heteroatoms. The lowest BCUT2D eigenvalue weighted by Crippen LogP contribution is -2.44. The quantitative estimate of drug-likeness (QED) is 0.570. The van der Waals surface area contributed by atoms with Gasteiger partial charge in [0.2, 0.25) is 0 Å². The Balaban J connectivity index is 1.82. The molecule has 0 saturated carbocycles. The van der Waals surface area contributed by atoms with Gasteiger partial charge in [0, 0.05) is 24.2 Å². The highest BCUT2D eigenvalue weighted by Crippen LogP contribution is 2.28. The van der Waals surface area contributed by atoms with Crippen molar-refractivity contribution in [1.29, 1.82) is 0 Å². The van der Waals surface area contributed by atoms with E-state index >= 15 is 0 Å². The summed E-state index contributed by atoms with van der Waals surface area (Å²) in [6.45, 7) is 6.36. The predicted molar refractivity (Wildman–Crippen MR) is 88.0 cm³/mol. The summed E-state index contributed by atoms with van der Waals surface area (Å²) in [6.07, 6.45) is 5.74. The Morgan fingerprint density at radius 3 is 2.59 bits per heavy atom. The normalized spacial score (nSPS) is 22.3. The molecule has 0 aromatic heterocycles. The second-order valence-electron chi connectivity index (χ2n) is 6.10. The third kappa shape index (κ3) is 4.23. The SMILES string of the molecule is COc1cc(C=O)ccc1OCCCN1[C@H](C)CCC[C@@H]1C. The first-order valence-corrected chi connectivity index (χ1v) is 8.17. The van der Waals surface area contributed by atoms with Gasteiger partial charge in [0.15, 0.2) is 11.5 Å². The summed E-state index contributed by atoms with van der Waals surface area (Å²) in [5, 5.41) is 0. The summed E-state index contributed by atoms with van der Waals surface area (Å²) in [7, 11) is 1.59. The monoisotopic (exact) mass is 305 g/mol. The van der Waals surface area contributed by atoms with Gasteiger partial charge >= 0.3 is 0 Å². The molecule has 0 N–H and O–H groups in total. The average molecular weight is 305 g/mol. The third-order valence-electron chi connectivity index (χ3n) is 4.52. The first kappa shape index (κ1) is 16.8. The topological polar surface area (TPSA) is 38.8 Å². The number of hydrogen-bond donors (Lipinski definition) is 0. The molecule has 0 aliphatic carbocycles. The lowest BCUT2D eigenvalue weighted by molar-refractivity contribution is 0.0958. The van der Waals surface area contributed by atoms with Gasteiger partial charge in [-0.25, -0.2) is 0 Å². The van der Waals surface area contributed by atoms with Crippen LogP contribution in [-0.2, 0) is 0 Å². The Bertz CT molecular complexity index is 479. The summed E-state index contributed by atoms with van der Waals surface area (Å²) >= 11 is 0. The number of benzene rings is 1. The Morgan fingerprint density at radius 1 is 1.23 bits per heavy atom. The Labute approximate surface area is 133 Å². The Hall–Kier alpha value is -1.55. The maximum Gasteiger partial charge on any atom is 0.161 e. The third-order valence-corrected chi connectivity index (χ3v) is 4.52. The Morgan fingerprint density at radius 2 is 1.95 bits per heavy atom. The first-order chi connectivity index (χ1) is 10.7. The summed E-state index contributed by atoms with van der Waals surface area (Å²) in [5.74, 6) is 1.32. The highest BCUT2D eigenvalue weighted by Gasteiger charge is 2.23. The van der Waals surface area contributed by atoms with Crippen LogP contribution in [-0.4, -0.2) is 43.5 Å². The number of piperidine rings is 1. The van der Waals surface area contributed by atoms with Gasteiger partial charge in [-0.1, -0.05) is 6.42 Å². The van der Waals surface area contributed by atoms with Crippen LogP contribution in [0.15, 0.2) is 18.2 Å². The molecule has 0 amide bonds. The van der Waals surface area contributed by atoms with Crippen LogP contribution in [0.3, 0.4) is 0 Å². The van der Waals surface area contributed by atoms with Gasteiger partial charge in [-0.2, -0.15) is 0 Å². The van der Waals surface area contributed by atoms with Gasteiger partial charge in [-0.15, -0.1) is 0 Å². The summed E-state index contributed by atoms with van der Waals surface area (Å²) in [6, 6.07) is 6.60. The van der Waals surface area contributed by atoms with Crippen molar-refractivity contribution in [2.45, 2.75) is 51.6 Å². The molecule has 1 aromatic carbocycles. The van der Waals surface area contributed by atoms with E-state index in [1.807, 2.05) is 0 Å². The minimum Gasteiger partial charge on any atom is -0.493 e. The standard InChI is InChI=1S/C18H27NO3/c1-14-6-4-7-15(2)19(14)10-5-11-22-17-9-8-16(13-20)12-18(17)21-3/h8-9,12-15H,4-7,10-11H2,1-3H3/t14-,15+. The average Bonchev–Trinajstić information content (AvgIpc) is 2.53. The van der Waals surface area contributed by atoms with E-state index in [0.717, 1.165) is 19.3 Å². The van der Waals surface area contributed by atoms with E-state index in [2.05, 4.69) is 18.7 Å². The Kier molecular flexibility index (Phi) is 6.25. The number of likely N-dealkylation sites (tertiary alicyclic amines) is 1. The van der Waals surface area contributed by atoms with E-state index in [1.165, 1.54) is 19.3 Å². The van der Waals surface area contributed by atoms with E-state index < -0.39 is 0 Å². The minimum absolute atomic E-state index is 0.597. The van der Waals surface area contributed by atoms with Gasteiger partial charge in [0.25, 0.3) is 0 Å². The molecule has 122 valence electrons. The number of carbonyl (C=O) groups excluding carboxylic acids is 1. The zero-order chi connectivity index (χ0) is 15.9. The van der Waals surface area contributed by atoms with Crippen LogP contribution in [0.5, 0.6) is 11.5 Å². The minimum atomic E-state index is 0.597. The number of nitrogens with zero attached hydrogens (tertiary/aromatic N) is 1. The molecule has 1 heterocycles. The lowest BCUT2D eigenvalue weighted by Gasteiger charge is -2.39. The van der Waals surface area contributed by atoms with Gasteiger partial charge in [0.1, 0.15) is 6.29 Å². The second kappa shape index (κ2) is 8.18. The van der Waals surface area contributed by atoms with Gasteiger partial charge in [-0.3, -0.25) is 9.69 Å². The van der Waals surface area contributed by atoms with E-state index in [9.17, 15) is 4.79 Å². The molecular formula is C18H27NO3. The zero-order valence-electron chi connectivity index (χ0n) is 13.9. The van der Waals surface area contributed by atoms with E-state index in [1.54, 1.807) is 25.3 Å². The fourth-order valence-corrected chi connectivity index (χ4v) is 3.22. The predicted octanol–water partition coefficient (Wildman–Crippen LogP) is 3.54. The molecular weight excluding hydrogens is 278 g/mol. The fraction of sp³-hybridized carbons (Fsp3) is 0.611. The van der Waals surface area contributed by atoms with Crippen molar-refractivity contribution in [2.75, 3.05) is 20.3 Å². The fourth-order valence-electron chi connectivity index (χ4n) is 3.22. The second-order valence-corrected chi connectivity index (χ2v) is 6.10. The molecule has 4 nitrogen and oxygen atoms in total. The largest absolute Gasteiger partial charge is 0.493 e. The molecule has 0 radical (unpaired) electrons. The molecule has 2 rings (SSSR count). The number of ether oxygens (including phenoxy) is 2. The smallest absolute Gasteiger partial charge is 0.161 e. The lowest BCUT2D eigenvalue weighted by atomic mass is 9.97. The summed E-state index contributed by atoms with van der Waals surface area (Å²) in [5.41, 5.74) is 0.597. The van der Waals surface area contributed by atoms with Crippen molar-refractivity contribution < 1.29 is 14.3 Å². The van der Waals surface area contributed by atoms with E-state index in [0.29, 0.717) is 35.8 Å². The van der Waals surface area contributed by atoms with Crippen molar-refractivity contribution in [3.8, 4) is 11.5 Å². The van der Waals surface area contributed by atoms with Crippen LogP contribution in [0.4, 0.5) is 0 Å². The molecule has 22 heavy (non-hydrogen) atoms. The molecule has 1 aliphatic rings. The first-order valence-electron chi connectivity index (χ1n) is 8.17. The van der Waals surface area contributed by atoms with E-state index in [-0.39, 0.29) is 0 Å². The number of aldehydes is 1. The zero-order valence-corrected chi connectivity index (χ0v) is 13.9. The van der Waals surface area contributed by atoms with Gasteiger partial charge < -0.3 is 9.47 Å². The van der Waals surface area contributed by atoms with Crippen LogP contribution in [0.25, 0.3) is 0 Å². The van der Waals surface area contributed by atoms with Crippen LogP contribution in [0.1, 0.15) is 49.9 Å². The molecule has 1 aromatic rings. The maximum absolute atomic E-state index is 10.8. The van der Waals surface area contributed by atoms with Crippen LogP contribution in [0.2, 0.25) is 0 Å². The molecule has 0 unspecified atom stereocenters. The highest BCUT2D eigenvalue weighted by molar-refractivity contribution is 5.76. The molecule has 0 bridgehead atoms. The van der Waals surface area contributed by atoms with Crippen LogP contribution in [0, 0.1) is 0 Å². The van der Waals surface area contributed by atoms with Crippen molar-refractivity contribution in [3.05, 3.63) is 23.8 Å². The number of rotatable bonds is 7. The highest BCUT2D eigenvalue weighted by atomic mass is 16.5. The maximum atomic E-state index is 10.8. The molecule has 2 atom stereocenters. The van der Waals surface area contributed by atoms with Crippen molar-refractivity contribution in [3.63, 3.8) is 0 Å². The number of methoxy groups -OCH3 is 1. The van der Waals surface area contributed by atoms with Crippen LogP contribution >= 0.6 is 0 Å². The van der Waals surface area contributed by atoms with Crippen molar-refractivity contribution in [1.82, 2.24) is 4.90 Å². The summed E-state index contributed by atoms with van der Waals surface area (Å²) in [4.78, 5) is 13.4. The van der Waals surface area contributed by atoms with Crippen molar-refractivity contribution >= 4 is 6.29 Å². The van der Waals surface area contributed by atoms with Crippen molar-refractivity contribution in [2.24, 2.45) is 0 Å².